The number of nitrogens with zero attached hydrogens (tertiary/aromatic N) is 2. The molecule has 1 aliphatic heterocycles. The Morgan fingerprint density at radius 3 is 2.70 bits per heavy atom. The molecule has 0 bridgehead atoms. The van der Waals surface area contributed by atoms with Crippen molar-refractivity contribution in [1.82, 2.24) is 9.88 Å². The maximum atomic E-state index is 14.7. The number of aromatic amines is 1. The number of anilines is 1. The number of rotatable bonds is 6. The van der Waals surface area contributed by atoms with Crippen LogP contribution in [0.2, 0.25) is 0 Å². The molecule has 0 saturated carbocycles. The highest BCUT2D eigenvalue weighted by Gasteiger charge is 2.17. The van der Waals surface area contributed by atoms with Crippen LogP contribution in [0.25, 0.3) is 10.9 Å². The molecule has 1 aliphatic rings. The quantitative estimate of drug-likeness (QED) is 0.719. The van der Waals surface area contributed by atoms with Crippen molar-refractivity contribution in [2.75, 3.05) is 44.8 Å². The van der Waals surface area contributed by atoms with Crippen molar-refractivity contribution in [3.05, 3.63) is 65.6 Å². The Hall–Kier alpha value is -2.37. The second-order valence-corrected chi connectivity index (χ2v) is 7.24. The molecule has 142 valence electrons. The third-order valence-electron chi connectivity index (χ3n) is 5.24. The fraction of sp³-hybridized carbons (Fsp3) is 0.364. The molecule has 0 aliphatic carbocycles. The lowest BCUT2D eigenvalue weighted by atomic mass is 10.1. The standard InChI is InChI=1S/C22H26FN3O/c1-25(16-17-5-3-2-4-6-17)8-7-18-15-24-21-14-22(20(23)13-19(18)21)26-9-11-27-12-10-26/h2-6,13-15,24H,7-12,16H2,1H3. The second kappa shape index (κ2) is 8.11. The lowest BCUT2D eigenvalue weighted by Gasteiger charge is -2.29. The first-order valence-corrected chi connectivity index (χ1v) is 9.55. The molecule has 3 aromatic rings. The zero-order valence-electron chi connectivity index (χ0n) is 15.7. The Bertz CT molecular complexity index is 887. The first kappa shape index (κ1) is 18.0. The molecule has 4 rings (SSSR count). The molecule has 27 heavy (non-hydrogen) atoms. The van der Waals surface area contributed by atoms with Gasteiger partial charge in [0.1, 0.15) is 5.82 Å². The molecule has 1 saturated heterocycles. The average molecular weight is 367 g/mol. The summed E-state index contributed by atoms with van der Waals surface area (Å²) in [7, 11) is 2.12. The van der Waals surface area contributed by atoms with Crippen LogP contribution >= 0.6 is 0 Å². The normalized spacial score (nSPS) is 15.0. The number of fused-ring (bicyclic) bond motifs is 1. The smallest absolute Gasteiger partial charge is 0.147 e. The van der Waals surface area contributed by atoms with Gasteiger partial charge in [-0.2, -0.15) is 0 Å². The van der Waals surface area contributed by atoms with Crippen LogP contribution in [0.3, 0.4) is 0 Å². The van der Waals surface area contributed by atoms with E-state index in [2.05, 4.69) is 46.1 Å². The van der Waals surface area contributed by atoms with E-state index in [4.69, 9.17) is 4.74 Å². The summed E-state index contributed by atoms with van der Waals surface area (Å²) in [5, 5.41) is 0.984. The van der Waals surface area contributed by atoms with Gasteiger partial charge in [-0.1, -0.05) is 30.3 Å². The van der Waals surface area contributed by atoms with Gasteiger partial charge < -0.3 is 19.5 Å². The molecular formula is C22H26FN3O. The van der Waals surface area contributed by atoms with E-state index < -0.39 is 0 Å². The topological polar surface area (TPSA) is 31.5 Å². The number of aromatic nitrogens is 1. The molecule has 4 nitrogen and oxygen atoms in total. The van der Waals surface area contributed by atoms with Gasteiger partial charge in [-0.15, -0.1) is 0 Å². The number of H-pyrrole nitrogens is 1. The molecule has 1 aromatic heterocycles. The van der Waals surface area contributed by atoms with E-state index in [0.717, 1.165) is 49.1 Å². The molecule has 0 spiro atoms. The molecule has 2 heterocycles. The number of benzene rings is 2. The zero-order chi connectivity index (χ0) is 18.6. The summed E-state index contributed by atoms with van der Waals surface area (Å²) >= 11 is 0. The van der Waals surface area contributed by atoms with Gasteiger partial charge in [0.15, 0.2) is 0 Å². The SMILES string of the molecule is CN(CCc1c[nH]c2cc(N3CCOCC3)c(F)cc12)Cc1ccccc1. The fourth-order valence-corrected chi connectivity index (χ4v) is 3.73. The van der Waals surface area contributed by atoms with E-state index in [9.17, 15) is 4.39 Å². The van der Waals surface area contributed by atoms with Gasteiger partial charge in [0.05, 0.1) is 18.9 Å². The summed E-state index contributed by atoms with van der Waals surface area (Å²) < 4.78 is 20.1. The minimum absolute atomic E-state index is 0.150. The third-order valence-corrected chi connectivity index (χ3v) is 5.24. The van der Waals surface area contributed by atoms with Crippen LogP contribution in [0.5, 0.6) is 0 Å². The van der Waals surface area contributed by atoms with Crippen LogP contribution < -0.4 is 4.90 Å². The van der Waals surface area contributed by atoms with E-state index in [1.807, 2.05) is 18.3 Å². The van der Waals surface area contributed by atoms with Gasteiger partial charge >= 0.3 is 0 Å². The number of hydrogen-bond donors (Lipinski definition) is 1. The van der Waals surface area contributed by atoms with Crippen LogP contribution in [0.4, 0.5) is 10.1 Å². The number of ether oxygens (including phenoxy) is 1. The van der Waals surface area contributed by atoms with Crippen LogP contribution in [0, 0.1) is 5.82 Å². The number of hydrogen-bond acceptors (Lipinski definition) is 3. The van der Waals surface area contributed by atoms with Crippen molar-refractivity contribution in [3.63, 3.8) is 0 Å². The number of likely N-dealkylation sites (N-methyl/N-ethyl adjacent to an activating group) is 1. The van der Waals surface area contributed by atoms with Gasteiger partial charge in [-0.05, 0) is 36.7 Å². The molecule has 2 aromatic carbocycles. The third kappa shape index (κ3) is 4.15. The van der Waals surface area contributed by atoms with Crippen molar-refractivity contribution < 1.29 is 9.13 Å². The molecule has 1 fully saturated rings. The van der Waals surface area contributed by atoms with Crippen LogP contribution in [0.1, 0.15) is 11.1 Å². The van der Waals surface area contributed by atoms with Gasteiger partial charge in [0, 0.05) is 43.3 Å². The first-order valence-electron chi connectivity index (χ1n) is 9.55. The highest BCUT2D eigenvalue weighted by molar-refractivity contribution is 5.86. The summed E-state index contributed by atoms with van der Waals surface area (Å²) in [5.41, 5.74) is 4.14. The molecule has 1 N–H and O–H groups in total. The van der Waals surface area contributed by atoms with Crippen LogP contribution in [0.15, 0.2) is 48.7 Å². The monoisotopic (exact) mass is 367 g/mol. The maximum absolute atomic E-state index is 14.7. The fourth-order valence-electron chi connectivity index (χ4n) is 3.73. The summed E-state index contributed by atoms with van der Waals surface area (Å²) in [4.78, 5) is 7.69. The predicted molar refractivity (Wildman–Crippen MR) is 108 cm³/mol. The Morgan fingerprint density at radius 2 is 1.93 bits per heavy atom. The van der Waals surface area contributed by atoms with Gasteiger partial charge in [0.2, 0.25) is 0 Å². The number of morpholine rings is 1. The summed E-state index contributed by atoms with van der Waals surface area (Å²) in [6.45, 7) is 4.62. The average Bonchev–Trinajstić information content (AvgIpc) is 3.09. The van der Waals surface area contributed by atoms with Crippen molar-refractivity contribution in [2.45, 2.75) is 13.0 Å². The first-order chi connectivity index (χ1) is 13.2. The van der Waals surface area contributed by atoms with Crippen molar-refractivity contribution in [3.8, 4) is 0 Å². The van der Waals surface area contributed by atoms with E-state index in [-0.39, 0.29) is 5.82 Å². The molecule has 0 amide bonds. The van der Waals surface area contributed by atoms with Crippen molar-refractivity contribution in [1.29, 1.82) is 0 Å². The van der Waals surface area contributed by atoms with E-state index in [1.54, 1.807) is 6.07 Å². The summed E-state index contributed by atoms with van der Waals surface area (Å²) in [5.74, 6) is -0.150. The highest BCUT2D eigenvalue weighted by Crippen LogP contribution is 2.28. The summed E-state index contributed by atoms with van der Waals surface area (Å²) in [6.07, 6.45) is 2.91. The van der Waals surface area contributed by atoms with E-state index >= 15 is 0 Å². The Labute approximate surface area is 159 Å². The lowest BCUT2D eigenvalue weighted by molar-refractivity contribution is 0.122. The van der Waals surface area contributed by atoms with Gasteiger partial charge in [0.25, 0.3) is 0 Å². The molecule has 0 radical (unpaired) electrons. The largest absolute Gasteiger partial charge is 0.378 e. The Morgan fingerprint density at radius 1 is 1.15 bits per heavy atom. The van der Waals surface area contributed by atoms with E-state index in [1.165, 1.54) is 5.56 Å². The Balaban J connectivity index is 1.45. The molecular weight excluding hydrogens is 341 g/mol. The zero-order valence-corrected chi connectivity index (χ0v) is 15.7. The second-order valence-electron chi connectivity index (χ2n) is 7.24. The van der Waals surface area contributed by atoms with Gasteiger partial charge in [-0.3, -0.25) is 0 Å². The predicted octanol–water partition coefficient (Wildman–Crippen LogP) is 3.82. The maximum Gasteiger partial charge on any atom is 0.147 e. The van der Waals surface area contributed by atoms with Crippen molar-refractivity contribution in [2.24, 2.45) is 0 Å². The Kier molecular flexibility index (Phi) is 5.41. The molecule has 5 heteroatoms. The van der Waals surface area contributed by atoms with Gasteiger partial charge in [-0.25, -0.2) is 4.39 Å². The highest BCUT2D eigenvalue weighted by atomic mass is 19.1. The number of nitrogens with one attached hydrogen (secondary N) is 1. The van der Waals surface area contributed by atoms with E-state index in [0.29, 0.717) is 18.9 Å². The minimum atomic E-state index is -0.150. The summed E-state index contributed by atoms with van der Waals surface area (Å²) in [6, 6.07) is 14.1. The van der Waals surface area contributed by atoms with Crippen LogP contribution in [-0.2, 0) is 17.7 Å². The molecule has 0 unspecified atom stereocenters. The van der Waals surface area contributed by atoms with Crippen LogP contribution in [-0.4, -0.2) is 49.8 Å². The molecule has 0 atom stereocenters. The van der Waals surface area contributed by atoms with Crippen molar-refractivity contribution >= 4 is 16.6 Å². The minimum Gasteiger partial charge on any atom is -0.378 e. The lowest BCUT2D eigenvalue weighted by Crippen LogP contribution is -2.36. The number of halogens is 1.